The van der Waals surface area contributed by atoms with Gasteiger partial charge < -0.3 is 9.47 Å². The number of aryl methyl sites for hydroxylation is 1. The summed E-state index contributed by atoms with van der Waals surface area (Å²) in [6, 6.07) is 13.7. The highest BCUT2D eigenvalue weighted by molar-refractivity contribution is 5.98. The fourth-order valence-corrected chi connectivity index (χ4v) is 3.45. The number of aldehydes is 1. The van der Waals surface area contributed by atoms with Crippen LogP contribution in [0.5, 0.6) is 5.88 Å². The van der Waals surface area contributed by atoms with Gasteiger partial charge in [0.15, 0.2) is 6.29 Å². The zero-order chi connectivity index (χ0) is 18.6. The van der Waals surface area contributed by atoms with Crippen LogP contribution >= 0.6 is 0 Å². The van der Waals surface area contributed by atoms with Crippen molar-refractivity contribution >= 4 is 17.1 Å². The van der Waals surface area contributed by atoms with Crippen molar-refractivity contribution in [2.45, 2.75) is 6.92 Å². The summed E-state index contributed by atoms with van der Waals surface area (Å²) in [7, 11) is 0. The van der Waals surface area contributed by atoms with Crippen LogP contribution < -0.4 is 4.74 Å². The van der Waals surface area contributed by atoms with Crippen LogP contribution in [-0.2, 0) is 4.74 Å². The number of ether oxygens (including phenoxy) is 2. The van der Waals surface area contributed by atoms with Gasteiger partial charge in [-0.15, -0.1) is 5.10 Å². The van der Waals surface area contributed by atoms with E-state index in [-0.39, 0.29) is 0 Å². The van der Waals surface area contributed by atoms with Crippen LogP contribution in [0.3, 0.4) is 0 Å². The molecule has 3 aromatic rings. The van der Waals surface area contributed by atoms with Crippen molar-refractivity contribution in [3.05, 3.63) is 53.7 Å². The molecule has 1 aromatic heterocycles. The molecule has 27 heavy (non-hydrogen) atoms. The predicted octanol–water partition coefficient (Wildman–Crippen LogP) is 2.86. The van der Waals surface area contributed by atoms with Crippen LogP contribution in [0.1, 0.15) is 16.1 Å². The number of fused-ring (bicyclic) bond motifs is 1. The lowest BCUT2D eigenvalue weighted by molar-refractivity contribution is 0.0320. The number of hydrogen-bond acceptors (Lipinski definition) is 5. The van der Waals surface area contributed by atoms with Crippen LogP contribution in [0.25, 0.3) is 16.5 Å². The van der Waals surface area contributed by atoms with Gasteiger partial charge in [-0.1, -0.05) is 30.3 Å². The normalized spacial score (nSPS) is 15.1. The fraction of sp³-hybridized carbons (Fsp3) is 0.333. The molecule has 0 bridgehead atoms. The van der Waals surface area contributed by atoms with Gasteiger partial charge in [0.2, 0.25) is 5.88 Å². The summed E-state index contributed by atoms with van der Waals surface area (Å²) in [5.41, 5.74) is 2.33. The predicted molar refractivity (Wildman–Crippen MR) is 104 cm³/mol. The lowest BCUT2D eigenvalue weighted by atomic mass is 10.0. The van der Waals surface area contributed by atoms with Gasteiger partial charge in [-0.2, -0.15) is 0 Å². The molecule has 0 saturated carbocycles. The maximum atomic E-state index is 11.6. The van der Waals surface area contributed by atoms with E-state index in [1.165, 1.54) is 0 Å². The first-order valence-electron chi connectivity index (χ1n) is 9.23. The third-order valence-electron chi connectivity index (χ3n) is 4.90. The molecule has 0 radical (unpaired) electrons. The van der Waals surface area contributed by atoms with Crippen molar-refractivity contribution in [3.63, 3.8) is 0 Å². The number of carbonyl (C=O) groups is 1. The molecule has 140 valence electrons. The van der Waals surface area contributed by atoms with Gasteiger partial charge in [0, 0.05) is 42.3 Å². The Labute approximate surface area is 158 Å². The monoisotopic (exact) mass is 365 g/mol. The van der Waals surface area contributed by atoms with Gasteiger partial charge in [0.25, 0.3) is 0 Å². The lowest BCUT2D eigenvalue weighted by Gasteiger charge is -2.26. The van der Waals surface area contributed by atoms with Crippen molar-refractivity contribution in [1.82, 2.24) is 14.7 Å². The zero-order valence-electron chi connectivity index (χ0n) is 15.4. The average molecular weight is 365 g/mol. The Morgan fingerprint density at radius 2 is 2.00 bits per heavy atom. The molecular formula is C21H23N3O3. The average Bonchev–Trinajstić information content (AvgIpc) is 3.08. The second kappa shape index (κ2) is 7.90. The molecule has 4 rings (SSSR count). The summed E-state index contributed by atoms with van der Waals surface area (Å²) in [5, 5.41) is 6.68. The quantitative estimate of drug-likeness (QED) is 0.629. The first-order valence-corrected chi connectivity index (χ1v) is 9.23. The van der Waals surface area contributed by atoms with E-state index in [0.717, 1.165) is 61.3 Å². The lowest BCUT2D eigenvalue weighted by Crippen LogP contribution is -2.38. The standard InChI is InChI=1S/C21H23N3O3/c1-16-14-20(27-13-10-23-8-11-26-12-9-23)22-24(16)21-18(15-25)7-6-17-4-2-3-5-19(17)21/h2-7,14-15H,8-13H2,1H3. The Hall–Kier alpha value is -2.70. The summed E-state index contributed by atoms with van der Waals surface area (Å²) in [6.45, 7) is 6.84. The molecule has 0 N–H and O–H groups in total. The second-order valence-electron chi connectivity index (χ2n) is 6.68. The molecule has 1 saturated heterocycles. The summed E-state index contributed by atoms with van der Waals surface area (Å²) in [6.07, 6.45) is 0.877. The first-order chi connectivity index (χ1) is 13.3. The molecule has 2 heterocycles. The highest BCUT2D eigenvalue weighted by atomic mass is 16.5. The van der Waals surface area contributed by atoms with E-state index in [4.69, 9.17) is 9.47 Å². The van der Waals surface area contributed by atoms with E-state index in [1.807, 2.05) is 49.4 Å². The molecule has 0 unspecified atom stereocenters. The molecule has 1 fully saturated rings. The Balaban J connectivity index is 1.58. The molecule has 0 spiro atoms. The van der Waals surface area contributed by atoms with E-state index in [1.54, 1.807) is 4.68 Å². The minimum Gasteiger partial charge on any atom is -0.475 e. The maximum absolute atomic E-state index is 11.6. The number of carbonyl (C=O) groups excluding carboxylic acids is 1. The van der Waals surface area contributed by atoms with Gasteiger partial charge in [0.1, 0.15) is 6.61 Å². The number of aromatic nitrogens is 2. The van der Waals surface area contributed by atoms with Crippen LogP contribution in [0.15, 0.2) is 42.5 Å². The van der Waals surface area contributed by atoms with Crippen molar-refractivity contribution in [2.75, 3.05) is 39.5 Å². The van der Waals surface area contributed by atoms with Gasteiger partial charge in [-0.05, 0) is 18.4 Å². The summed E-state index contributed by atoms with van der Waals surface area (Å²) in [4.78, 5) is 13.9. The molecule has 6 nitrogen and oxygen atoms in total. The number of nitrogens with zero attached hydrogens (tertiary/aromatic N) is 3. The van der Waals surface area contributed by atoms with Gasteiger partial charge in [-0.3, -0.25) is 9.69 Å². The number of rotatable bonds is 6. The number of benzene rings is 2. The van der Waals surface area contributed by atoms with Crippen LogP contribution in [0.2, 0.25) is 0 Å². The number of hydrogen-bond donors (Lipinski definition) is 0. The SMILES string of the molecule is Cc1cc(OCCN2CCOCC2)nn1-c1c(C=O)ccc2ccccc12. The highest BCUT2D eigenvalue weighted by Crippen LogP contribution is 2.27. The Morgan fingerprint density at radius 1 is 1.19 bits per heavy atom. The summed E-state index contributed by atoms with van der Waals surface area (Å²) in [5.74, 6) is 0.575. The van der Waals surface area contributed by atoms with Crippen molar-refractivity contribution < 1.29 is 14.3 Å². The van der Waals surface area contributed by atoms with Gasteiger partial charge >= 0.3 is 0 Å². The minimum atomic E-state index is 0.575. The summed E-state index contributed by atoms with van der Waals surface area (Å²) >= 11 is 0. The van der Waals surface area contributed by atoms with Crippen molar-refractivity contribution in [1.29, 1.82) is 0 Å². The first kappa shape index (κ1) is 17.7. The molecule has 2 aromatic carbocycles. The molecule has 1 aliphatic rings. The van der Waals surface area contributed by atoms with E-state index in [0.29, 0.717) is 18.1 Å². The van der Waals surface area contributed by atoms with E-state index in [2.05, 4.69) is 10.00 Å². The number of morpholine rings is 1. The third kappa shape index (κ3) is 3.72. The molecule has 0 amide bonds. The fourth-order valence-electron chi connectivity index (χ4n) is 3.45. The maximum Gasteiger partial charge on any atom is 0.233 e. The van der Waals surface area contributed by atoms with Gasteiger partial charge in [0.05, 0.1) is 18.9 Å². The van der Waals surface area contributed by atoms with E-state index in [9.17, 15) is 4.79 Å². The smallest absolute Gasteiger partial charge is 0.233 e. The van der Waals surface area contributed by atoms with Crippen LogP contribution in [0, 0.1) is 6.92 Å². The second-order valence-corrected chi connectivity index (χ2v) is 6.68. The topological polar surface area (TPSA) is 56.6 Å². The zero-order valence-corrected chi connectivity index (χ0v) is 15.4. The van der Waals surface area contributed by atoms with Crippen molar-refractivity contribution in [3.8, 4) is 11.6 Å². The van der Waals surface area contributed by atoms with Crippen LogP contribution in [-0.4, -0.2) is 60.4 Å². The molecule has 0 atom stereocenters. The molecule has 6 heteroatoms. The molecule has 1 aliphatic heterocycles. The largest absolute Gasteiger partial charge is 0.475 e. The Bertz CT molecular complexity index is 945. The third-order valence-corrected chi connectivity index (χ3v) is 4.90. The molecule has 0 aliphatic carbocycles. The highest BCUT2D eigenvalue weighted by Gasteiger charge is 2.15. The Morgan fingerprint density at radius 3 is 2.81 bits per heavy atom. The van der Waals surface area contributed by atoms with E-state index >= 15 is 0 Å². The minimum absolute atomic E-state index is 0.575. The Kier molecular flexibility index (Phi) is 5.18. The van der Waals surface area contributed by atoms with E-state index < -0.39 is 0 Å². The molecular weight excluding hydrogens is 342 g/mol. The van der Waals surface area contributed by atoms with Crippen LogP contribution in [0.4, 0.5) is 0 Å². The summed E-state index contributed by atoms with van der Waals surface area (Å²) < 4.78 is 13.0. The van der Waals surface area contributed by atoms with Crippen molar-refractivity contribution in [2.24, 2.45) is 0 Å². The van der Waals surface area contributed by atoms with Gasteiger partial charge in [-0.25, -0.2) is 4.68 Å².